The number of Topliss-reactive ketones (excluding diaryl/α,β-unsaturated/α-hetero) is 1. The Morgan fingerprint density at radius 1 is 0.739 bits per heavy atom. The van der Waals surface area contributed by atoms with Gasteiger partial charge in [-0.2, -0.15) is 0 Å². The average molecular weight is 324 g/mol. The first-order valence-corrected chi connectivity index (χ1v) is 9.47. The zero-order chi connectivity index (χ0) is 15.9. The van der Waals surface area contributed by atoms with Crippen molar-refractivity contribution in [2.24, 2.45) is 11.8 Å². The highest BCUT2D eigenvalue weighted by atomic mass is 16.5. The van der Waals surface area contributed by atoms with Gasteiger partial charge in [0.05, 0.1) is 26.4 Å². The van der Waals surface area contributed by atoms with E-state index in [-0.39, 0.29) is 11.8 Å². The second-order valence-electron chi connectivity index (χ2n) is 7.26. The normalized spacial score (nSPS) is 32.4. The zero-order valence-corrected chi connectivity index (χ0v) is 14.4. The van der Waals surface area contributed by atoms with E-state index in [1.165, 1.54) is 19.3 Å². The molecule has 3 aliphatic rings. The lowest BCUT2D eigenvalue weighted by molar-refractivity contribution is -0.130. The maximum absolute atomic E-state index is 13.1. The third kappa shape index (κ3) is 5.24. The molecule has 0 spiro atoms. The molecule has 0 N–H and O–H groups in total. The molecule has 132 valence electrons. The third-order valence-corrected chi connectivity index (χ3v) is 5.57. The molecule has 0 aromatic heterocycles. The van der Waals surface area contributed by atoms with Crippen LogP contribution in [0.4, 0.5) is 0 Å². The van der Waals surface area contributed by atoms with Crippen LogP contribution in [-0.4, -0.2) is 81.3 Å². The summed E-state index contributed by atoms with van der Waals surface area (Å²) in [7, 11) is 0. The zero-order valence-electron chi connectivity index (χ0n) is 14.4. The molecule has 1 saturated carbocycles. The molecule has 2 heterocycles. The van der Waals surface area contributed by atoms with E-state index in [0.717, 1.165) is 78.5 Å². The van der Waals surface area contributed by atoms with Crippen molar-refractivity contribution in [1.82, 2.24) is 9.80 Å². The van der Waals surface area contributed by atoms with Gasteiger partial charge in [-0.1, -0.05) is 19.3 Å². The van der Waals surface area contributed by atoms with Crippen molar-refractivity contribution >= 4 is 5.78 Å². The summed E-state index contributed by atoms with van der Waals surface area (Å²) < 4.78 is 10.9. The Balaban J connectivity index is 1.57. The van der Waals surface area contributed by atoms with Gasteiger partial charge in [0.2, 0.25) is 0 Å². The number of carbonyl (C=O) groups is 1. The largest absolute Gasteiger partial charge is 0.379 e. The van der Waals surface area contributed by atoms with Crippen LogP contribution in [0.3, 0.4) is 0 Å². The average Bonchev–Trinajstić information content (AvgIpc) is 2.59. The van der Waals surface area contributed by atoms with Gasteiger partial charge in [0.1, 0.15) is 5.78 Å². The van der Waals surface area contributed by atoms with Gasteiger partial charge in [-0.25, -0.2) is 0 Å². The van der Waals surface area contributed by atoms with Gasteiger partial charge in [-0.05, 0) is 12.8 Å². The highest BCUT2D eigenvalue weighted by Crippen LogP contribution is 2.26. The number of ketones is 1. The van der Waals surface area contributed by atoms with E-state index >= 15 is 0 Å². The maximum atomic E-state index is 13.1. The fraction of sp³-hybridized carbons (Fsp3) is 0.944. The molecular formula is C18H32N2O3. The molecule has 3 fully saturated rings. The minimum absolute atomic E-state index is 0.236. The molecule has 5 nitrogen and oxygen atoms in total. The van der Waals surface area contributed by atoms with Crippen molar-refractivity contribution in [3.05, 3.63) is 0 Å². The lowest BCUT2D eigenvalue weighted by Gasteiger charge is -2.35. The Bertz CT molecular complexity index is 333. The summed E-state index contributed by atoms with van der Waals surface area (Å²) in [6.07, 6.45) is 5.87. The number of hydrogen-bond acceptors (Lipinski definition) is 5. The van der Waals surface area contributed by atoms with Crippen LogP contribution in [0.15, 0.2) is 0 Å². The molecule has 5 heteroatoms. The van der Waals surface area contributed by atoms with Gasteiger partial charge >= 0.3 is 0 Å². The molecule has 2 saturated heterocycles. The highest BCUT2D eigenvalue weighted by Gasteiger charge is 2.31. The molecule has 0 amide bonds. The van der Waals surface area contributed by atoms with Gasteiger partial charge < -0.3 is 9.47 Å². The Labute approximate surface area is 140 Å². The first-order valence-electron chi connectivity index (χ1n) is 9.47. The molecule has 3 rings (SSSR count). The summed E-state index contributed by atoms with van der Waals surface area (Å²) >= 11 is 0. The van der Waals surface area contributed by atoms with Crippen molar-refractivity contribution in [1.29, 1.82) is 0 Å². The smallest absolute Gasteiger partial charge is 0.141 e. The van der Waals surface area contributed by atoms with Gasteiger partial charge in [0.25, 0.3) is 0 Å². The molecule has 0 bridgehead atoms. The van der Waals surface area contributed by atoms with E-state index in [1.54, 1.807) is 0 Å². The van der Waals surface area contributed by atoms with Crippen molar-refractivity contribution in [2.75, 3.05) is 65.7 Å². The Morgan fingerprint density at radius 3 is 1.61 bits per heavy atom. The van der Waals surface area contributed by atoms with Crippen molar-refractivity contribution in [3.63, 3.8) is 0 Å². The lowest BCUT2D eigenvalue weighted by atomic mass is 9.82. The van der Waals surface area contributed by atoms with Crippen molar-refractivity contribution in [2.45, 2.75) is 32.1 Å². The predicted octanol–water partition coefficient (Wildman–Crippen LogP) is 1.42. The van der Waals surface area contributed by atoms with E-state index in [2.05, 4.69) is 9.80 Å². The van der Waals surface area contributed by atoms with E-state index in [9.17, 15) is 4.79 Å². The molecular weight excluding hydrogens is 292 g/mol. The Morgan fingerprint density at radius 2 is 1.17 bits per heavy atom. The van der Waals surface area contributed by atoms with Crippen LogP contribution < -0.4 is 0 Å². The summed E-state index contributed by atoms with van der Waals surface area (Å²) in [4.78, 5) is 18.0. The second kappa shape index (κ2) is 9.11. The van der Waals surface area contributed by atoms with Crippen LogP contribution in [0, 0.1) is 11.8 Å². The molecule has 2 atom stereocenters. The van der Waals surface area contributed by atoms with Crippen LogP contribution in [0.2, 0.25) is 0 Å². The van der Waals surface area contributed by atoms with E-state index in [4.69, 9.17) is 9.47 Å². The molecule has 2 aliphatic heterocycles. The molecule has 0 aromatic rings. The van der Waals surface area contributed by atoms with Gasteiger partial charge in [-0.15, -0.1) is 0 Å². The third-order valence-electron chi connectivity index (χ3n) is 5.57. The first-order chi connectivity index (χ1) is 11.3. The van der Waals surface area contributed by atoms with E-state index in [0.29, 0.717) is 5.78 Å². The summed E-state index contributed by atoms with van der Waals surface area (Å²) in [5, 5.41) is 0. The summed E-state index contributed by atoms with van der Waals surface area (Å²) in [5.74, 6) is 1.00. The number of ether oxygens (including phenoxy) is 2. The quantitative estimate of drug-likeness (QED) is 0.782. The number of nitrogens with zero attached hydrogens (tertiary/aromatic N) is 2. The maximum Gasteiger partial charge on any atom is 0.141 e. The minimum Gasteiger partial charge on any atom is -0.379 e. The van der Waals surface area contributed by atoms with Crippen LogP contribution in [-0.2, 0) is 14.3 Å². The summed E-state index contributed by atoms with van der Waals surface area (Å²) in [6, 6.07) is 0. The van der Waals surface area contributed by atoms with Crippen LogP contribution in [0.1, 0.15) is 32.1 Å². The molecule has 2 unspecified atom stereocenters. The molecule has 0 radical (unpaired) electrons. The van der Waals surface area contributed by atoms with Gasteiger partial charge in [0.15, 0.2) is 0 Å². The minimum atomic E-state index is 0.236. The van der Waals surface area contributed by atoms with Gasteiger partial charge in [-0.3, -0.25) is 14.6 Å². The SMILES string of the molecule is O=C1C(CN2CCOCC2)CCCCCC1CN1CCOCC1. The second-order valence-corrected chi connectivity index (χ2v) is 7.26. The summed E-state index contributed by atoms with van der Waals surface area (Å²) in [5.41, 5.74) is 0. The predicted molar refractivity (Wildman–Crippen MR) is 89.6 cm³/mol. The molecule has 1 aliphatic carbocycles. The fourth-order valence-corrected chi connectivity index (χ4v) is 4.13. The van der Waals surface area contributed by atoms with Gasteiger partial charge in [0, 0.05) is 51.1 Å². The van der Waals surface area contributed by atoms with Crippen LogP contribution >= 0.6 is 0 Å². The Kier molecular flexibility index (Phi) is 6.87. The van der Waals surface area contributed by atoms with E-state index in [1.807, 2.05) is 0 Å². The number of carbonyl (C=O) groups excluding carboxylic acids is 1. The monoisotopic (exact) mass is 324 g/mol. The Hall–Kier alpha value is -0.490. The van der Waals surface area contributed by atoms with Crippen molar-refractivity contribution < 1.29 is 14.3 Å². The molecule has 23 heavy (non-hydrogen) atoms. The number of hydrogen-bond donors (Lipinski definition) is 0. The highest BCUT2D eigenvalue weighted by molar-refractivity contribution is 5.84. The summed E-state index contributed by atoms with van der Waals surface area (Å²) in [6.45, 7) is 9.10. The van der Waals surface area contributed by atoms with Crippen LogP contribution in [0.5, 0.6) is 0 Å². The topological polar surface area (TPSA) is 42.0 Å². The molecule has 0 aromatic carbocycles. The van der Waals surface area contributed by atoms with Crippen molar-refractivity contribution in [3.8, 4) is 0 Å². The standard InChI is InChI=1S/C18H32N2O3/c21-18-16(14-19-6-10-22-11-7-19)4-2-1-3-5-17(18)15-20-8-12-23-13-9-20/h16-17H,1-15H2. The first kappa shape index (κ1) is 17.3. The number of morpholine rings is 2. The lowest BCUT2D eigenvalue weighted by Crippen LogP contribution is -2.45. The van der Waals surface area contributed by atoms with Crippen LogP contribution in [0.25, 0.3) is 0 Å². The fourth-order valence-electron chi connectivity index (χ4n) is 4.13. The van der Waals surface area contributed by atoms with E-state index < -0.39 is 0 Å². The number of rotatable bonds is 4.